The van der Waals surface area contributed by atoms with Gasteiger partial charge in [0.15, 0.2) is 0 Å². The maximum absolute atomic E-state index is 14.7. The number of thiophene rings is 6. The number of aryl methyl sites for hydroxylation is 4. The average Bonchev–Trinajstić information content (AvgIpc) is 1.47. The highest BCUT2D eigenvalue weighted by atomic mass is 32.2. The molecule has 0 bridgehead atoms. The minimum Gasteiger partial charge on any atom is -0.495 e. The summed E-state index contributed by atoms with van der Waals surface area (Å²) in [6.45, 7) is 8.92. The molecule has 0 saturated carbocycles. The van der Waals surface area contributed by atoms with Crippen LogP contribution >= 0.6 is 139 Å². The first-order chi connectivity index (χ1) is 57.5. The second-order valence-electron chi connectivity index (χ2n) is 27.6. The van der Waals surface area contributed by atoms with Gasteiger partial charge in [-0.2, -0.15) is 0 Å². The van der Waals surface area contributed by atoms with Gasteiger partial charge in [-0.3, -0.25) is 0 Å². The molecule has 2 atom stereocenters. The van der Waals surface area contributed by atoms with Crippen molar-refractivity contribution in [2.24, 2.45) is 0 Å². The summed E-state index contributed by atoms with van der Waals surface area (Å²) in [4.78, 5) is 15.2. The number of aliphatic hydroxyl groups excluding tert-OH is 6. The van der Waals surface area contributed by atoms with Crippen molar-refractivity contribution in [3.05, 3.63) is 342 Å². The first kappa shape index (κ1) is 86.2. The summed E-state index contributed by atoms with van der Waals surface area (Å²) in [7, 11) is 5.75. The molecular weight excluding hydrogens is 1690 g/mol. The predicted molar refractivity (Wildman–Crippen MR) is 508 cm³/mol. The van der Waals surface area contributed by atoms with Crippen LogP contribution in [-0.2, 0) is 26.4 Å². The highest BCUT2D eigenvalue weighted by Crippen LogP contribution is 2.49. The number of halogens is 1. The molecular formula is C97H84FNO7S12. The number of anilines is 1. The van der Waals surface area contributed by atoms with Crippen molar-refractivity contribution in [1.82, 2.24) is 0 Å². The monoisotopic (exact) mass is 1780 g/mol. The van der Waals surface area contributed by atoms with Crippen LogP contribution in [0, 0.1) is 33.5 Å². The molecule has 18 rings (SSSR count). The van der Waals surface area contributed by atoms with Crippen molar-refractivity contribution in [3.63, 3.8) is 0 Å². The van der Waals surface area contributed by atoms with Crippen LogP contribution in [0.5, 0.6) is 5.75 Å². The summed E-state index contributed by atoms with van der Waals surface area (Å²) in [5, 5.41) is 80.4. The summed E-state index contributed by atoms with van der Waals surface area (Å²) in [6.07, 6.45) is -2.32. The summed E-state index contributed by atoms with van der Waals surface area (Å²) >= 11 is 20.2. The van der Waals surface area contributed by atoms with E-state index in [-0.39, 0.29) is 32.2 Å². The van der Waals surface area contributed by atoms with E-state index in [2.05, 4.69) is 150 Å². The molecule has 0 aliphatic rings. The lowest BCUT2D eigenvalue weighted by atomic mass is 9.98. The van der Waals surface area contributed by atoms with Crippen molar-refractivity contribution in [2.75, 3.05) is 26.1 Å². The van der Waals surface area contributed by atoms with Gasteiger partial charge in [0.2, 0.25) is 0 Å². The summed E-state index contributed by atoms with van der Waals surface area (Å²) < 4.78 is 27.3. The Morgan fingerprint density at radius 2 is 0.737 bits per heavy atom. The third-order valence-corrected chi connectivity index (χ3v) is 33.5. The van der Waals surface area contributed by atoms with Gasteiger partial charge in [-0.15, -0.1) is 68.0 Å². The first-order valence-electron chi connectivity index (χ1n) is 37.7. The molecule has 0 spiro atoms. The molecule has 598 valence electrons. The third kappa shape index (κ3) is 20.2. The van der Waals surface area contributed by atoms with E-state index in [0.717, 1.165) is 77.6 Å². The highest BCUT2D eigenvalue weighted by Gasteiger charge is 2.27. The van der Waals surface area contributed by atoms with Gasteiger partial charge in [0.05, 0.1) is 38.2 Å². The first-order valence-corrected chi connectivity index (χ1v) is 47.9. The van der Waals surface area contributed by atoms with Crippen molar-refractivity contribution in [3.8, 4) is 5.75 Å². The summed E-state index contributed by atoms with van der Waals surface area (Å²) in [6, 6.07) is 82.2. The van der Waals surface area contributed by atoms with Gasteiger partial charge in [0.25, 0.3) is 0 Å². The molecule has 0 saturated heterocycles. The van der Waals surface area contributed by atoms with Gasteiger partial charge in [-0.25, -0.2) is 4.39 Å². The molecule has 0 aliphatic carbocycles. The van der Waals surface area contributed by atoms with Crippen LogP contribution in [-0.4, -0.2) is 51.8 Å². The Morgan fingerprint density at radius 1 is 0.331 bits per heavy atom. The van der Waals surface area contributed by atoms with E-state index in [0.29, 0.717) is 16.5 Å². The molecule has 0 fully saturated rings. The lowest BCUT2D eigenvalue weighted by Crippen LogP contribution is -2.12. The zero-order chi connectivity index (χ0) is 82.3. The molecule has 2 unspecified atom stereocenters. The van der Waals surface area contributed by atoms with Gasteiger partial charge in [0, 0.05) is 167 Å². The fourth-order valence-electron chi connectivity index (χ4n) is 13.3. The standard InChI is InChI=1S/C32H26FNO2S4.C17H16OS2.C16H14O2S2.2C16H14OS2/c1-34(2)19-14-15-24-22(16-19)28(17-37-24)39-25-11-5-3-8-20(25)31(35)32(36)21-9-4-6-12-26(21)40-29-18-38-27-13-7-10-23(33)30(27)29;1-11-7-8-12(2)17-16(11)15(10-19-17)20-14-6-4-3-5-13(14)9-18;1-18-13-7-4-6-12-15(10-19-16(12)13)20-14-8-3-2-5-11(14)9-17;1-11-5-4-7-13-15(10-18-16(11)13)19-14-8-3-2-6-12(14)9-17;1-11-6-7-13-15(8-11)18-10-16(13)19-14-5-3-2-4-12(14)9-17/h3-18,31-32,35-36H,1-2H3;3-8,10,18H,9H2,1-2H3;2-8,10,17H,9H2,1H3;2*2-8,10,17H,9H2,1H3. The number of hydrogen-bond acceptors (Lipinski definition) is 20. The topological polar surface area (TPSA) is 134 Å². The number of nitrogens with zero attached hydrogens (tertiary/aromatic N) is 1. The molecule has 0 radical (unpaired) electrons. The van der Waals surface area contributed by atoms with Crippen molar-refractivity contribution in [2.45, 2.75) is 125 Å². The molecule has 6 aromatic heterocycles. The van der Waals surface area contributed by atoms with E-state index in [1.54, 1.807) is 129 Å². The molecule has 8 nitrogen and oxygen atoms in total. The maximum atomic E-state index is 14.7. The number of methoxy groups -OCH3 is 1. The Labute approximate surface area is 736 Å². The van der Waals surface area contributed by atoms with Crippen LogP contribution in [0.4, 0.5) is 10.1 Å². The quantitative estimate of drug-likeness (QED) is 0.0408. The number of ether oxygens (including phenoxy) is 1. The summed E-state index contributed by atoms with van der Waals surface area (Å²) in [5.41, 5.74) is 11.6. The van der Waals surface area contributed by atoms with Gasteiger partial charge in [-0.1, -0.05) is 240 Å². The number of rotatable bonds is 21. The minimum absolute atomic E-state index is 0.0641. The Kier molecular flexibility index (Phi) is 29.9. The van der Waals surface area contributed by atoms with E-state index < -0.39 is 12.2 Å². The Morgan fingerprint density at radius 3 is 1.30 bits per heavy atom. The molecule has 12 aromatic carbocycles. The molecule has 6 N–H and O–H groups in total. The SMILES string of the molecule is CN(C)c1ccc2scc(Sc3ccccc3C(O)C(O)c3ccccc3Sc3csc4cccc(F)c34)c2c1.COc1cccc2c(Sc3ccccc3CO)csc12.Cc1ccc(C)c2c(Sc3ccccc3CO)csc12.Cc1ccc2c(Sc3ccccc3CO)csc2c1.Cc1cccc2c(Sc3ccccc3CO)csc12. The van der Waals surface area contributed by atoms with E-state index in [1.165, 1.54) is 121 Å². The second-order valence-corrected chi connectivity index (χ2v) is 39.5. The predicted octanol–water partition coefficient (Wildman–Crippen LogP) is 28.8. The van der Waals surface area contributed by atoms with Crippen LogP contribution in [0.25, 0.3) is 60.5 Å². The van der Waals surface area contributed by atoms with Gasteiger partial charge in [0.1, 0.15) is 23.8 Å². The van der Waals surface area contributed by atoms with Crippen LogP contribution in [0.1, 0.15) is 67.8 Å². The Hall–Kier alpha value is -8.21. The fourth-order valence-corrected chi connectivity index (χ4v) is 26.8. The number of hydrogen-bond donors (Lipinski definition) is 6. The number of fused-ring (bicyclic) bond motifs is 6. The van der Waals surface area contributed by atoms with Gasteiger partial charge >= 0.3 is 0 Å². The molecule has 18 aromatic rings. The van der Waals surface area contributed by atoms with Crippen molar-refractivity contribution < 1.29 is 39.8 Å². The van der Waals surface area contributed by atoms with E-state index in [1.807, 2.05) is 165 Å². The zero-order valence-electron chi connectivity index (χ0n) is 65.4. The van der Waals surface area contributed by atoms with Crippen molar-refractivity contribution >= 4 is 205 Å². The molecule has 0 aliphatic heterocycles. The largest absolute Gasteiger partial charge is 0.495 e. The fraction of sp³-hybridized carbons (Fsp3) is 0.134. The third-order valence-electron chi connectivity index (χ3n) is 19.5. The lowest BCUT2D eigenvalue weighted by molar-refractivity contribution is 0.0141. The van der Waals surface area contributed by atoms with E-state index >= 15 is 0 Å². The van der Waals surface area contributed by atoms with Gasteiger partial charge < -0.3 is 40.3 Å². The number of benzene rings is 12. The smallest absolute Gasteiger partial charge is 0.136 e. The second kappa shape index (κ2) is 40.9. The molecule has 6 heterocycles. The highest BCUT2D eigenvalue weighted by molar-refractivity contribution is 8.01. The van der Waals surface area contributed by atoms with Crippen molar-refractivity contribution in [1.29, 1.82) is 0 Å². The Bertz CT molecular complexity index is 6480. The molecule has 118 heavy (non-hydrogen) atoms. The maximum Gasteiger partial charge on any atom is 0.136 e. The van der Waals surface area contributed by atoms with E-state index in [4.69, 9.17) is 4.74 Å². The zero-order valence-corrected chi connectivity index (χ0v) is 75.2. The van der Waals surface area contributed by atoms with Crippen LogP contribution in [0.3, 0.4) is 0 Å². The van der Waals surface area contributed by atoms with Gasteiger partial charge in [-0.05, 0) is 162 Å². The van der Waals surface area contributed by atoms with E-state index in [9.17, 15) is 35.0 Å². The van der Waals surface area contributed by atoms with Crippen LogP contribution < -0.4 is 9.64 Å². The van der Waals surface area contributed by atoms with Crippen LogP contribution in [0.15, 0.2) is 340 Å². The molecule has 0 amide bonds. The van der Waals surface area contributed by atoms with Crippen LogP contribution in [0.2, 0.25) is 0 Å². The average molecular weight is 1780 g/mol. The molecule has 21 heteroatoms. The number of aliphatic hydroxyl groups is 6. The normalized spacial score (nSPS) is 11.7. The Balaban J connectivity index is 0.000000127. The lowest BCUT2D eigenvalue weighted by Gasteiger charge is -2.23. The minimum atomic E-state index is -1.17. The summed E-state index contributed by atoms with van der Waals surface area (Å²) in [5.74, 6) is 0.652.